The van der Waals surface area contributed by atoms with Crippen LogP contribution in [-0.4, -0.2) is 12.5 Å². The van der Waals surface area contributed by atoms with E-state index in [1.165, 1.54) is 0 Å². The summed E-state index contributed by atoms with van der Waals surface area (Å²) in [5.74, 6) is -0.241. The fourth-order valence-corrected chi connectivity index (χ4v) is 0.282. The van der Waals surface area contributed by atoms with Gasteiger partial charge in [-0.1, -0.05) is 12.7 Å². The van der Waals surface area contributed by atoms with Gasteiger partial charge in [0.15, 0.2) is 0 Å². The molecule has 0 aromatic rings. The molecular weight excluding hydrogens is 114 g/mol. The van der Waals surface area contributed by atoms with Gasteiger partial charge in [0.1, 0.15) is 0 Å². The summed E-state index contributed by atoms with van der Waals surface area (Å²) in [7, 11) is 0. The molecule has 0 heterocycles. The molecular formula is C7H10NO. The van der Waals surface area contributed by atoms with Gasteiger partial charge in [0.2, 0.25) is 0 Å². The summed E-state index contributed by atoms with van der Waals surface area (Å²) in [5.41, 5.74) is 0.469. The predicted molar refractivity (Wildman–Crippen MR) is 37.0 cm³/mol. The van der Waals surface area contributed by atoms with E-state index in [2.05, 4.69) is 18.5 Å². The van der Waals surface area contributed by atoms with Crippen LogP contribution in [0.15, 0.2) is 24.8 Å². The predicted octanol–water partition coefficient (Wildman–Crippen LogP) is 0.880. The third-order valence-electron chi connectivity index (χ3n) is 0.729. The van der Waals surface area contributed by atoms with Crippen LogP contribution >= 0.6 is 0 Å². The molecule has 0 unspecified atom stereocenters. The van der Waals surface area contributed by atoms with E-state index in [0.717, 1.165) is 0 Å². The molecule has 9 heavy (non-hydrogen) atoms. The molecule has 0 aromatic heterocycles. The molecule has 0 atom stereocenters. The second-order valence-corrected chi connectivity index (χ2v) is 1.71. The zero-order valence-electron chi connectivity index (χ0n) is 5.55. The summed E-state index contributed by atoms with van der Waals surface area (Å²) in [6.45, 7) is 8.86. The Kier molecular flexibility index (Phi) is 3.44. The molecule has 1 radical (unpaired) electrons. The summed E-state index contributed by atoms with van der Waals surface area (Å²) < 4.78 is 0. The molecule has 1 amide bonds. The Bertz CT molecular complexity index is 138. The van der Waals surface area contributed by atoms with Crippen LogP contribution in [0.5, 0.6) is 0 Å². The van der Waals surface area contributed by atoms with Crippen molar-refractivity contribution in [2.24, 2.45) is 0 Å². The number of amides is 1. The smallest absolute Gasteiger partial charge is 0.267 e. The molecule has 2 heteroatoms. The third kappa shape index (κ3) is 3.53. The Morgan fingerprint density at radius 3 is 2.67 bits per heavy atom. The van der Waals surface area contributed by atoms with E-state index in [1.807, 2.05) is 0 Å². The maximum Gasteiger partial charge on any atom is 0.267 e. The van der Waals surface area contributed by atoms with Crippen molar-refractivity contribution in [3.63, 3.8) is 0 Å². The van der Waals surface area contributed by atoms with Gasteiger partial charge >= 0.3 is 0 Å². The van der Waals surface area contributed by atoms with Crippen LogP contribution in [0.25, 0.3) is 0 Å². The van der Waals surface area contributed by atoms with Crippen LogP contribution in [0, 0.1) is 0 Å². The number of carbonyl (C=O) groups excluding carboxylic acids is 1. The van der Waals surface area contributed by atoms with Gasteiger partial charge in [-0.15, -0.1) is 6.58 Å². The van der Waals surface area contributed by atoms with E-state index in [1.54, 1.807) is 13.0 Å². The first-order valence-corrected chi connectivity index (χ1v) is 2.66. The number of hydrogen-bond donors (Lipinski definition) is 0. The Hall–Kier alpha value is -1.05. The minimum Gasteiger partial charge on any atom is -0.268 e. The average molecular weight is 124 g/mol. The highest BCUT2D eigenvalue weighted by atomic mass is 16.1. The van der Waals surface area contributed by atoms with Gasteiger partial charge in [0.05, 0.1) is 6.54 Å². The number of rotatable bonds is 3. The monoisotopic (exact) mass is 124 g/mol. The van der Waals surface area contributed by atoms with Crippen LogP contribution in [-0.2, 0) is 4.79 Å². The SMILES string of the molecule is C=CC[N]C(=O)C(=C)C. The topological polar surface area (TPSA) is 31.2 Å². The van der Waals surface area contributed by atoms with E-state index in [9.17, 15) is 4.79 Å². The minimum absolute atomic E-state index is 0.241. The normalized spacial score (nSPS) is 8.11. The van der Waals surface area contributed by atoms with Crippen molar-refractivity contribution in [3.8, 4) is 0 Å². The van der Waals surface area contributed by atoms with Crippen molar-refractivity contribution in [1.82, 2.24) is 5.32 Å². The highest BCUT2D eigenvalue weighted by molar-refractivity contribution is 5.91. The second kappa shape index (κ2) is 3.89. The molecule has 0 fully saturated rings. The number of nitrogens with zero attached hydrogens (tertiary/aromatic N) is 1. The van der Waals surface area contributed by atoms with Gasteiger partial charge in [-0.05, 0) is 6.92 Å². The average Bonchev–Trinajstić information content (AvgIpc) is 1.82. The first kappa shape index (κ1) is 7.95. The van der Waals surface area contributed by atoms with E-state index in [0.29, 0.717) is 12.1 Å². The Morgan fingerprint density at radius 1 is 1.78 bits per heavy atom. The fourth-order valence-electron chi connectivity index (χ4n) is 0.282. The van der Waals surface area contributed by atoms with Crippen molar-refractivity contribution >= 4 is 5.91 Å². The molecule has 0 rings (SSSR count). The molecule has 0 aliphatic heterocycles. The molecule has 0 saturated heterocycles. The number of carbonyl (C=O) groups is 1. The van der Waals surface area contributed by atoms with Crippen molar-refractivity contribution in [2.45, 2.75) is 6.92 Å². The van der Waals surface area contributed by atoms with Crippen molar-refractivity contribution in [3.05, 3.63) is 24.8 Å². The summed E-state index contributed by atoms with van der Waals surface area (Å²) in [6, 6.07) is 0. The largest absolute Gasteiger partial charge is 0.268 e. The molecule has 0 bridgehead atoms. The lowest BCUT2D eigenvalue weighted by Crippen LogP contribution is -2.15. The summed E-state index contributed by atoms with van der Waals surface area (Å²) in [6.07, 6.45) is 1.57. The van der Waals surface area contributed by atoms with Gasteiger partial charge in [0, 0.05) is 5.57 Å². The van der Waals surface area contributed by atoms with E-state index < -0.39 is 0 Å². The van der Waals surface area contributed by atoms with Crippen LogP contribution in [0.3, 0.4) is 0 Å². The Labute approximate surface area is 55.3 Å². The quantitative estimate of drug-likeness (QED) is 0.406. The Morgan fingerprint density at radius 2 is 2.33 bits per heavy atom. The highest BCUT2D eigenvalue weighted by Gasteiger charge is 1.98. The van der Waals surface area contributed by atoms with E-state index in [4.69, 9.17) is 0 Å². The van der Waals surface area contributed by atoms with Crippen molar-refractivity contribution in [2.75, 3.05) is 6.54 Å². The van der Waals surface area contributed by atoms with E-state index >= 15 is 0 Å². The molecule has 0 spiro atoms. The lowest BCUT2D eigenvalue weighted by Gasteiger charge is -1.94. The fraction of sp³-hybridized carbons (Fsp3) is 0.286. The van der Waals surface area contributed by atoms with Gasteiger partial charge in [0.25, 0.3) is 5.91 Å². The first-order chi connectivity index (χ1) is 4.18. The molecule has 0 aliphatic carbocycles. The van der Waals surface area contributed by atoms with Crippen molar-refractivity contribution in [1.29, 1.82) is 0 Å². The number of hydrogen-bond acceptors (Lipinski definition) is 1. The molecule has 2 nitrogen and oxygen atoms in total. The highest BCUT2D eigenvalue weighted by Crippen LogP contribution is 1.85. The Balaban J connectivity index is 3.51. The first-order valence-electron chi connectivity index (χ1n) is 2.66. The van der Waals surface area contributed by atoms with E-state index in [-0.39, 0.29) is 5.91 Å². The lowest BCUT2D eigenvalue weighted by atomic mass is 10.3. The minimum atomic E-state index is -0.241. The van der Waals surface area contributed by atoms with Gasteiger partial charge in [-0.3, -0.25) is 4.79 Å². The molecule has 0 aromatic carbocycles. The van der Waals surface area contributed by atoms with Gasteiger partial charge in [-0.25, -0.2) is 5.32 Å². The summed E-state index contributed by atoms with van der Waals surface area (Å²) in [5, 5.41) is 3.59. The molecule has 49 valence electrons. The van der Waals surface area contributed by atoms with Crippen LogP contribution in [0.1, 0.15) is 6.92 Å². The van der Waals surface area contributed by atoms with Gasteiger partial charge < -0.3 is 0 Å². The maximum atomic E-state index is 10.6. The zero-order valence-corrected chi connectivity index (χ0v) is 5.55. The zero-order chi connectivity index (χ0) is 7.28. The van der Waals surface area contributed by atoms with Crippen molar-refractivity contribution < 1.29 is 4.79 Å². The maximum absolute atomic E-state index is 10.6. The third-order valence-corrected chi connectivity index (χ3v) is 0.729. The molecule has 0 aliphatic rings. The molecule has 0 N–H and O–H groups in total. The van der Waals surface area contributed by atoms with Crippen LogP contribution in [0.2, 0.25) is 0 Å². The summed E-state index contributed by atoms with van der Waals surface area (Å²) >= 11 is 0. The standard InChI is InChI=1S/C7H10NO/c1-4-5-8-7(9)6(2)3/h4H,1-2,5H2,3H3. The summed E-state index contributed by atoms with van der Waals surface area (Å²) in [4.78, 5) is 10.6. The molecule has 0 saturated carbocycles. The second-order valence-electron chi connectivity index (χ2n) is 1.71. The van der Waals surface area contributed by atoms with Gasteiger partial charge in [-0.2, -0.15) is 0 Å². The van der Waals surface area contributed by atoms with Crippen LogP contribution in [0.4, 0.5) is 0 Å². The lowest BCUT2D eigenvalue weighted by molar-refractivity contribution is -0.117. The van der Waals surface area contributed by atoms with Crippen LogP contribution < -0.4 is 5.32 Å².